The Hall–Kier alpha value is -1.61. The zero-order valence-corrected chi connectivity index (χ0v) is 10.2. The first-order chi connectivity index (χ1) is 8.62. The summed E-state index contributed by atoms with van der Waals surface area (Å²) in [6, 6.07) is 4.36. The molecule has 0 radical (unpaired) electrons. The van der Waals surface area contributed by atoms with Crippen molar-refractivity contribution in [1.29, 1.82) is 0 Å². The van der Waals surface area contributed by atoms with Crippen molar-refractivity contribution in [3.8, 4) is 0 Å². The number of sulfone groups is 1. The molecule has 1 aromatic rings. The van der Waals surface area contributed by atoms with Gasteiger partial charge < -0.3 is 5.11 Å². The number of benzene rings is 1. The van der Waals surface area contributed by atoms with Crippen LogP contribution in [0.1, 0.15) is 10.4 Å². The molecular formula is C10H9F3O5S. The molecule has 0 spiro atoms. The number of rotatable bonds is 5. The first-order valence-corrected chi connectivity index (χ1v) is 6.54. The van der Waals surface area contributed by atoms with Crippen LogP contribution in [0.15, 0.2) is 29.2 Å². The lowest BCUT2D eigenvalue weighted by molar-refractivity contribution is -0.322. The molecule has 0 saturated heterocycles. The highest BCUT2D eigenvalue weighted by molar-refractivity contribution is 7.91. The van der Waals surface area contributed by atoms with E-state index in [1.807, 2.05) is 0 Å². The van der Waals surface area contributed by atoms with E-state index in [4.69, 9.17) is 5.11 Å². The topological polar surface area (TPSA) is 80.7 Å². The minimum Gasteiger partial charge on any atom is -0.478 e. The van der Waals surface area contributed by atoms with Gasteiger partial charge in [0.05, 0.1) is 22.8 Å². The monoisotopic (exact) mass is 298 g/mol. The van der Waals surface area contributed by atoms with Gasteiger partial charge in [-0.2, -0.15) is 0 Å². The van der Waals surface area contributed by atoms with E-state index in [9.17, 15) is 26.4 Å². The summed E-state index contributed by atoms with van der Waals surface area (Å²) in [5.74, 6) is -2.22. The first kappa shape index (κ1) is 15.4. The van der Waals surface area contributed by atoms with Crippen LogP contribution in [0.2, 0.25) is 0 Å². The molecule has 5 nitrogen and oxygen atoms in total. The van der Waals surface area contributed by atoms with Crippen molar-refractivity contribution < 1.29 is 36.2 Å². The van der Waals surface area contributed by atoms with Crippen molar-refractivity contribution in [2.75, 3.05) is 12.4 Å². The van der Waals surface area contributed by atoms with Crippen molar-refractivity contribution in [2.24, 2.45) is 0 Å². The van der Waals surface area contributed by atoms with Crippen LogP contribution in [0.3, 0.4) is 0 Å². The summed E-state index contributed by atoms with van der Waals surface area (Å²) in [5.41, 5.74) is -0.266. The Bertz CT molecular complexity index is 565. The van der Waals surface area contributed by atoms with Crippen molar-refractivity contribution >= 4 is 15.8 Å². The molecule has 0 bridgehead atoms. The molecule has 0 unspecified atom stereocenters. The zero-order valence-electron chi connectivity index (χ0n) is 9.35. The van der Waals surface area contributed by atoms with Gasteiger partial charge in [0.25, 0.3) is 0 Å². The highest BCUT2D eigenvalue weighted by Crippen LogP contribution is 2.18. The fourth-order valence-electron chi connectivity index (χ4n) is 1.21. The normalized spacial score (nSPS) is 12.4. The van der Waals surface area contributed by atoms with E-state index in [1.165, 1.54) is 12.1 Å². The maximum Gasteiger partial charge on any atom is 0.522 e. The second kappa shape index (κ2) is 5.57. The van der Waals surface area contributed by atoms with Crippen LogP contribution in [0.5, 0.6) is 0 Å². The number of carboxylic acids is 1. The molecule has 1 aromatic carbocycles. The second-order valence-electron chi connectivity index (χ2n) is 3.45. The van der Waals surface area contributed by atoms with Gasteiger partial charge in [0, 0.05) is 0 Å². The molecule has 0 amide bonds. The van der Waals surface area contributed by atoms with Crippen molar-refractivity contribution in [3.05, 3.63) is 29.8 Å². The minimum absolute atomic E-state index is 0.266. The zero-order chi connectivity index (χ0) is 14.7. The average Bonchev–Trinajstić information content (AvgIpc) is 2.27. The smallest absolute Gasteiger partial charge is 0.478 e. The number of aromatic carboxylic acids is 1. The highest BCUT2D eigenvalue weighted by atomic mass is 32.2. The largest absolute Gasteiger partial charge is 0.522 e. The Morgan fingerprint density at radius 1 is 1.32 bits per heavy atom. The van der Waals surface area contributed by atoms with Crippen LogP contribution in [0.4, 0.5) is 13.2 Å². The molecule has 0 saturated carbocycles. The maximum atomic E-state index is 11.7. The maximum absolute atomic E-state index is 11.7. The SMILES string of the molecule is O=C(O)c1cccc(S(=O)(=O)CCOC(F)(F)F)c1. The molecule has 0 heterocycles. The first-order valence-electron chi connectivity index (χ1n) is 4.88. The molecule has 1 N–H and O–H groups in total. The molecule has 19 heavy (non-hydrogen) atoms. The number of alkyl halides is 3. The van der Waals surface area contributed by atoms with E-state index in [2.05, 4.69) is 4.74 Å². The standard InChI is InChI=1S/C10H9F3O5S/c11-10(12,13)18-4-5-19(16,17)8-3-1-2-7(6-8)9(14)15/h1-3,6H,4-5H2,(H,14,15). The van der Waals surface area contributed by atoms with Gasteiger partial charge in [0.15, 0.2) is 9.84 Å². The van der Waals surface area contributed by atoms with E-state index in [0.717, 1.165) is 12.1 Å². The Kier molecular flexibility index (Phi) is 4.53. The molecule has 0 fully saturated rings. The fourth-order valence-corrected chi connectivity index (χ4v) is 2.34. The highest BCUT2D eigenvalue weighted by Gasteiger charge is 2.30. The number of ether oxygens (including phenoxy) is 1. The van der Waals surface area contributed by atoms with Gasteiger partial charge in [-0.15, -0.1) is 13.2 Å². The molecule has 1 rings (SSSR count). The third-order valence-electron chi connectivity index (χ3n) is 2.06. The summed E-state index contributed by atoms with van der Waals surface area (Å²) >= 11 is 0. The van der Waals surface area contributed by atoms with Gasteiger partial charge in [-0.25, -0.2) is 13.2 Å². The molecule has 9 heteroatoms. The molecule has 0 aliphatic carbocycles. The summed E-state index contributed by atoms with van der Waals surface area (Å²) < 4.78 is 61.8. The molecular weight excluding hydrogens is 289 g/mol. The number of hydrogen-bond acceptors (Lipinski definition) is 4. The van der Waals surface area contributed by atoms with Crippen LogP contribution in [-0.4, -0.2) is 38.2 Å². The average molecular weight is 298 g/mol. The van der Waals surface area contributed by atoms with Crippen LogP contribution >= 0.6 is 0 Å². The molecule has 0 aliphatic rings. The summed E-state index contributed by atoms with van der Waals surface area (Å²) in [6.07, 6.45) is -4.90. The van der Waals surface area contributed by atoms with Crippen LogP contribution in [-0.2, 0) is 14.6 Å². The third kappa shape index (κ3) is 4.87. The lowest BCUT2D eigenvalue weighted by Crippen LogP contribution is -2.20. The molecule has 106 valence electrons. The lowest BCUT2D eigenvalue weighted by Gasteiger charge is -2.08. The van der Waals surface area contributed by atoms with Gasteiger partial charge in [0.2, 0.25) is 0 Å². The van der Waals surface area contributed by atoms with E-state index < -0.39 is 34.5 Å². The number of halogens is 3. The van der Waals surface area contributed by atoms with Gasteiger partial charge in [-0.1, -0.05) is 6.07 Å². The van der Waals surface area contributed by atoms with E-state index in [0.29, 0.717) is 0 Å². The minimum atomic E-state index is -4.90. The molecule has 0 aliphatic heterocycles. The summed E-state index contributed by atoms with van der Waals surface area (Å²) in [7, 11) is -4.03. The number of carbonyl (C=O) groups is 1. The molecule has 0 atom stereocenters. The predicted octanol–water partition coefficient (Wildman–Crippen LogP) is 1.69. The van der Waals surface area contributed by atoms with Crippen LogP contribution in [0.25, 0.3) is 0 Å². The Morgan fingerprint density at radius 2 is 1.95 bits per heavy atom. The summed E-state index contributed by atoms with van der Waals surface area (Å²) in [6.45, 7) is -1.05. The second-order valence-corrected chi connectivity index (χ2v) is 5.56. The summed E-state index contributed by atoms with van der Waals surface area (Å²) in [4.78, 5) is 10.3. The Balaban J connectivity index is 2.83. The third-order valence-corrected chi connectivity index (χ3v) is 3.73. The van der Waals surface area contributed by atoms with Crippen molar-refractivity contribution in [2.45, 2.75) is 11.3 Å². The van der Waals surface area contributed by atoms with Crippen LogP contribution < -0.4 is 0 Å². The molecule has 0 aromatic heterocycles. The Labute approximate surface area is 106 Å². The van der Waals surface area contributed by atoms with Crippen molar-refractivity contribution in [3.63, 3.8) is 0 Å². The van der Waals surface area contributed by atoms with Gasteiger partial charge in [-0.3, -0.25) is 4.74 Å². The van der Waals surface area contributed by atoms with Gasteiger partial charge >= 0.3 is 12.3 Å². The lowest BCUT2D eigenvalue weighted by atomic mass is 10.2. The number of hydrogen-bond donors (Lipinski definition) is 1. The fraction of sp³-hybridized carbons (Fsp3) is 0.300. The van der Waals surface area contributed by atoms with Crippen molar-refractivity contribution in [1.82, 2.24) is 0 Å². The Morgan fingerprint density at radius 3 is 2.47 bits per heavy atom. The van der Waals surface area contributed by atoms with Gasteiger partial charge in [-0.05, 0) is 18.2 Å². The van der Waals surface area contributed by atoms with Gasteiger partial charge in [0.1, 0.15) is 0 Å². The van der Waals surface area contributed by atoms with E-state index in [-0.39, 0.29) is 10.5 Å². The predicted molar refractivity (Wildman–Crippen MR) is 57.5 cm³/mol. The van der Waals surface area contributed by atoms with E-state index in [1.54, 1.807) is 0 Å². The van der Waals surface area contributed by atoms with E-state index >= 15 is 0 Å². The van der Waals surface area contributed by atoms with Crippen LogP contribution in [0, 0.1) is 0 Å². The number of carboxylic acid groups (broad SMARTS) is 1. The summed E-state index contributed by atoms with van der Waals surface area (Å²) in [5, 5.41) is 8.69. The quantitative estimate of drug-likeness (QED) is 0.894.